The predicted octanol–water partition coefficient (Wildman–Crippen LogP) is 2.49. The van der Waals surface area contributed by atoms with Crippen LogP contribution in [0, 0.1) is 5.92 Å². The van der Waals surface area contributed by atoms with Gasteiger partial charge in [-0.25, -0.2) is 0 Å². The number of benzene rings is 1. The first kappa shape index (κ1) is 15.6. The average Bonchev–Trinajstić information content (AvgIpc) is 3.14. The Balaban J connectivity index is 1.86. The molecule has 1 aromatic carbocycles. The molecule has 1 saturated heterocycles. The molecule has 1 aliphatic heterocycles. The van der Waals surface area contributed by atoms with Gasteiger partial charge < -0.3 is 19.8 Å². The zero-order chi connectivity index (χ0) is 16.1. The van der Waals surface area contributed by atoms with Crippen molar-refractivity contribution in [3.8, 4) is 5.75 Å². The smallest absolute Gasteiger partial charge is 0.224 e. The number of rotatable bonds is 5. The minimum absolute atomic E-state index is 0.0448. The number of amides is 1. The summed E-state index contributed by atoms with van der Waals surface area (Å²) in [7, 11) is 1.63. The first-order valence-corrected chi connectivity index (χ1v) is 7.97. The summed E-state index contributed by atoms with van der Waals surface area (Å²) in [4.78, 5) is 12.7. The molecule has 0 bridgehead atoms. The summed E-state index contributed by atoms with van der Waals surface area (Å²) >= 11 is 0. The van der Waals surface area contributed by atoms with Crippen molar-refractivity contribution < 1.29 is 13.9 Å². The molecule has 2 N–H and O–H groups in total. The van der Waals surface area contributed by atoms with Crippen molar-refractivity contribution in [1.29, 1.82) is 0 Å². The molecule has 3 rings (SSSR count). The Bertz CT molecular complexity index is 633. The van der Waals surface area contributed by atoms with Gasteiger partial charge in [-0.2, -0.15) is 0 Å². The molecule has 1 aliphatic rings. The summed E-state index contributed by atoms with van der Waals surface area (Å²) in [5, 5.41) is 6.42. The minimum atomic E-state index is -0.344. The van der Waals surface area contributed by atoms with Gasteiger partial charge in [-0.1, -0.05) is 18.2 Å². The molecular formula is C18H22N2O3. The molecule has 0 spiro atoms. The molecule has 1 aromatic heterocycles. The van der Waals surface area contributed by atoms with Gasteiger partial charge in [0.1, 0.15) is 17.6 Å². The van der Waals surface area contributed by atoms with E-state index in [1.807, 2.05) is 36.4 Å². The molecular weight excluding hydrogens is 292 g/mol. The second-order valence-electron chi connectivity index (χ2n) is 5.72. The number of para-hydroxylation sites is 1. The van der Waals surface area contributed by atoms with Gasteiger partial charge in [0.25, 0.3) is 0 Å². The fraction of sp³-hybridized carbons (Fsp3) is 0.389. The molecule has 0 saturated carbocycles. The van der Waals surface area contributed by atoms with E-state index in [2.05, 4.69) is 10.6 Å². The van der Waals surface area contributed by atoms with Crippen LogP contribution in [0.5, 0.6) is 5.75 Å². The molecule has 1 unspecified atom stereocenters. The van der Waals surface area contributed by atoms with Crippen LogP contribution in [-0.2, 0) is 4.79 Å². The number of piperidine rings is 1. The number of hydrogen-bond donors (Lipinski definition) is 2. The van der Waals surface area contributed by atoms with Crippen molar-refractivity contribution in [3.05, 3.63) is 54.0 Å². The standard InChI is InChI=1S/C18H22N2O3/c1-22-15-6-3-2-5-14(15)17(16-7-4-12-23-16)20-18(21)13-8-10-19-11-9-13/h2-7,12-13,17,19H,8-11H2,1H3,(H,20,21). The van der Waals surface area contributed by atoms with Crippen LogP contribution in [0.25, 0.3) is 0 Å². The number of furan rings is 1. The highest BCUT2D eigenvalue weighted by Crippen LogP contribution is 2.30. The van der Waals surface area contributed by atoms with Gasteiger partial charge in [0, 0.05) is 11.5 Å². The van der Waals surface area contributed by atoms with E-state index >= 15 is 0 Å². The van der Waals surface area contributed by atoms with Gasteiger partial charge in [0.2, 0.25) is 5.91 Å². The van der Waals surface area contributed by atoms with Crippen molar-refractivity contribution in [2.75, 3.05) is 20.2 Å². The second kappa shape index (κ2) is 7.33. The maximum absolute atomic E-state index is 12.7. The summed E-state index contributed by atoms with van der Waals surface area (Å²) in [6, 6.07) is 11.1. The predicted molar refractivity (Wildman–Crippen MR) is 87.3 cm³/mol. The lowest BCUT2D eigenvalue weighted by Gasteiger charge is -2.25. The Kier molecular flexibility index (Phi) is 4.98. The monoisotopic (exact) mass is 314 g/mol. The van der Waals surface area contributed by atoms with E-state index in [1.54, 1.807) is 13.4 Å². The fourth-order valence-electron chi connectivity index (χ4n) is 3.01. The van der Waals surface area contributed by atoms with Crippen LogP contribution in [0.1, 0.15) is 30.2 Å². The van der Waals surface area contributed by atoms with Crippen molar-refractivity contribution in [2.24, 2.45) is 5.92 Å². The third kappa shape index (κ3) is 3.56. The lowest BCUT2D eigenvalue weighted by atomic mass is 9.95. The molecule has 2 heterocycles. The van der Waals surface area contributed by atoms with Crippen molar-refractivity contribution >= 4 is 5.91 Å². The van der Waals surface area contributed by atoms with Crippen molar-refractivity contribution in [2.45, 2.75) is 18.9 Å². The number of nitrogens with one attached hydrogen (secondary N) is 2. The van der Waals surface area contributed by atoms with Gasteiger partial charge in [0.15, 0.2) is 0 Å². The largest absolute Gasteiger partial charge is 0.496 e. The summed E-state index contributed by atoms with van der Waals surface area (Å²) in [5.74, 6) is 1.55. The van der Waals surface area contributed by atoms with E-state index in [-0.39, 0.29) is 17.9 Å². The zero-order valence-corrected chi connectivity index (χ0v) is 13.2. The molecule has 1 atom stereocenters. The highest BCUT2D eigenvalue weighted by Gasteiger charge is 2.27. The highest BCUT2D eigenvalue weighted by molar-refractivity contribution is 5.79. The molecule has 23 heavy (non-hydrogen) atoms. The number of hydrogen-bond acceptors (Lipinski definition) is 4. The highest BCUT2D eigenvalue weighted by atomic mass is 16.5. The van der Waals surface area contributed by atoms with Gasteiger partial charge in [-0.3, -0.25) is 4.79 Å². The van der Waals surface area contributed by atoms with Crippen LogP contribution in [0.4, 0.5) is 0 Å². The Labute approximate surface area is 136 Å². The van der Waals surface area contributed by atoms with E-state index in [1.165, 1.54) is 0 Å². The number of methoxy groups -OCH3 is 1. The van der Waals surface area contributed by atoms with E-state index < -0.39 is 0 Å². The van der Waals surface area contributed by atoms with Crippen LogP contribution < -0.4 is 15.4 Å². The van der Waals surface area contributed by atoms with Gasteiger partial charge >= 0.3 is 0 Å². The lowest BCUT2D eigenvalue weighted by Crippen LogP contribution is -2.40. The Morgan fingerprint density at radius 1 is 1.26 bits per heavy atom. The third-order valence-electron chi connectivity index (χ3n) is 4.27. The number of carbonyl (C=O) groups excluding carboxylic acids is 1. The number of ether oxygens (including phenoxy) is 1. The van der Waals surface area contributed by atoms with Gasteiger partial charge in [0.05, 0.1) is 13.4 Å². The summed E-state index contributed by atoms with van der Waals surface area (Å²) in [6.45, 7) is 1.77. The number of carbonyl (C=O) groups is 1. The van der Waals surface area contributed by atoms with Crippen LogP contribution in [0.2, 0.25) is 0 Å². The zero-order valence-electron chi connectivity index (χ0n) is 13.2. The third-order valence-corrected chi connectivity index (χ3v) is 4.27. The topological polar surface area (TPSA) is 63.5 Å². The Morgan fingerprint density at radius 3 is 2.74 bits per heavy atom. The average molecular weight is 314 g/mol. The van der Waals surface area contributed by atoms with Crippen LogP contribution in [0.15, 0.2) is 47.1 Å². The molecule has 2 aromatic rings. The Hall–Kier alpha value is -2.27. The normalized spacial score (nSPS) is 16.7. The summed E-state index contributed by atoms with van der Waals surface area (Å²) in [6.07, 6.45) is 3.35. The van der Waals surface area contributed by atoms with Crippen LogP contribution in [-0.4, -0.2) is 26.1 Å². The molecule has 1 amide bonds. The SMILES string of the molecule is COc1ccccc1C(NC(=O)C1CCNCC1)c1ccco1. The maximum Gasteiger partial charge on any atom is 0.224 e. The van der Waals surface area contributed by atoms with E-state index in [0.717, 1.165) is 37.2 Å². The van der Waals surface area contributed by atoms with E-state index in [0.29, 0.717) is 5.76 Å². The van der Waals surface area contributed by atoms with Gasteiger partial charge in [-0.05, 0) is 44.1 Å². The molecule has 0 radical (unpaired) electrons. The minimum Gasteiger partial charge on any atom is -0.496 e. The van der Waals surface area contributed by atoms with Crippen molar-refractivity contribution in [3.63, 3.8) is 0 Å². The summed E-state index contributed by atoms with van der Waals surface area (Å²) in [5.41, 5.74) is 0.896. The van der Waals surface area contributed by atoms with E-state index in [9.17, 15) is 4.79 Å². The van der Waals surface area contributed by atoms with Crippen LogP contribution in [0.3, 0.4) is 0 Å². The fourth-order valence-corrected chi connectivity index (χ4v) is 3.01. The first-order valence-electron chi connectivity index (χ1n) is 7.97. The molecule has 5 nitrogen and oxygen atoms in total. The van der Waals surface area contributed by atoms with Gasteiger partial charge in [-0.15, -0.1) is 0 Å². The lowest BCUT2D eigenvalue weighted by molar-refractivity contribution is -0.126. The molecule has 122 valence electrons. The summed E-state index contributed by atoms with van der Waals surface area (Å²) < 4.78 is 11.0. The second-order valence-corrected chi connectivity index (χ2v) is 5.72. The van der Waals surface area contributed by atoms with E-state index in [4.69, 9.17) is 9.15 Å². The quantitative estimate of drug-likeness (QED) is 0.890. The molecule has 5 heteroatoms. The van der Waals surface area contributed by atoms with Crippen molar-refractivity contribution in [1.82, 2.24) is 10.6 Å². The molecule has 0 aliphatic carbocycles. The van der Waals surface area contributed by atoms with Crippen LogP contribution >= 0.6 is 0 Å². The first-order chi connectivity index (χ1) is 11.3. The Morgan fingerprint density at radius 2 is 2.04 bits per heavy atom. The molecule has 1 fully saturated rings. The maximum atomic E-state index is 12.7.